The molecule has 1 saturated heterocycles. The van der Waals surface area contributed by atoms with Crippen molar-refractivity contribution in [2.75, 3.05) is 0 Å². The topological polar surface area (TPSA) is 92.9 Å². The number of non-ortho nitro benzene ring substituents is 1. The van der Waals surface area contributed by atoms with E-state index in [1.54, 1.807) is 0 Å². The van der Waals surface area contributed by atoms with Crippen LogP contribution >= 0.6 is 0 Å². The standard InChI is InChI=1S/C17H15N3O4/c21-16-14-11-3-4-12(6-5-11)15(14)17(22)19(16)18-9-10-1-7-13(8-2-10)20(23)24/h1-4,7-9,11-12,14-15H,5-6H2/b18-9-/t11-,12-,14-,15+/m0/s1. The number of hydrogen-bond acceptors (Lipinski definition) is 5. The van der Waals surface area contributed by atoms with Crippen LogP contribution in [-0.4, -0.2) is 28.0 Å². The van der Waals surface area contributed by atoms with Crippen LogP contribution in [0.2, 0.25) is 0 Å². The Bertz CT molecular complexity index is 752. The first-order valence-corrected chi connectivity index (χ1v) is 7.91. The van der Waals surface area contributed by atoms with Gasteiger partial charge in [-0.2, -0.15) is 10.1 Å². The molecular formula is C17H15N3O4. The van der Waals surface area contributed by atoms with Gasteiger partial charge in [-0.1, -0.05) is 12.2 Å². The average molecular weight is 325 g/mol. The number of nitro benzene ring substituents is 1. The van der Waals surface area contributed by atoms with E-state index in [2.05, 4.69) is 17.3 Å². The van der Waals surface area contributed by atoms with Crippen LogP contribution in [0.4, 0.5) is 5.69 Å². The maximum Gasteiger partial charge on any atom is 0.269 e. The van der Waals surface area contributed by atoms with E-state index in [0.717, 1.165) is 17.9 Å². The van der Waals surface area contributed by atoms with Crippen LogP contribution in [0, 0.1) is 33.8 Å². The smallest absolute Gasteiger partial charge is 0.269 e. The molecule has 0 unspecified atom stereocenters. The summed E-state index contributed by atoms with van der Waals surface area (Å²) in [4.78, 5) is 35.3. The summed E-state index contributed by atoms with van der Waals surface area (Å²) >= 11 is 0. The van der Waals surface area contributed by atoms with Gasteiger partial charge in [-0.3, -0.25) is 19.7 Å². The molecule has 2 fully saturated rings. The lowest BCUT2D eigenvalue weighted by Crippen LogP contribution is -2.38. The van der Waals surface area contributed by atoms with Crippen LogP contribution in [0.15, 0.2) is 41.5 Å². The molecule has 7 heteroatoms. The Balaban J connectivity index is 1.56. The fourth-order valence-corrected chi connectivity index (χ4v) is 3.98. The van der Waals surface area contributed by atoms with E-state index in [1.165, 1.54) is 30.5 Å². The number of imide groups is 1. The van der Waals surface area contributed by atoms with Crippen molar-refractivity contribution >= 4 is 23.7 Å². The maximum absolute atomic E-state index is 12.6. The van der Waals surface area contributed by atoms with Crippen molar-refractivity contribution in [3.63, 3.8) is 0 Å². The average Bonchev–Trinajstić information content (AvgIpc) is 2.87. The molecule has 4 atom stereocenters. The Morgan fingerprint density at radius 1 is 1.04 bits per heavy atom. The molecule has 2 bridgehead atoms. The number of nitro groups is 1. The van der Waals surface area contributed by atoms with E-state index < -0.39 is 4.92 Å². The highest BCUT2D eigenvalue weighted by atomic mass is 16.6. The lowest BCUT2D eigenvalue weighted by molar-refractivity contribution is -0.384. The van der Waals surface area contributed by atoms with Crippen LogP contribution in [0.5, 0.6) is 0 Å². The summed E-state index contributed by atoms with van der Waals surface area (Å²) in [7, 11) is 0. The number of hydrazone groups is 1. The fraction of sp³-hybridized carbons (Fsp3) is 0.353. The molecular weight excluding hydrogens is 310 g/mol. The van der Waals surface area contributed by atoms with Crippen molar-refractivity contribution in [3.05, 3.63) is 52.1 Å². The highest BCUT2D eigenvalue weighted by Gasteiger charge is 2.56. The second-order valence-electron chi connectivity index (χ2n) is 6.42. The van der Waals surface area contributed by atoms with E-state index in [4.69, 9.17) is 0 Å². The molecule has 0 aromatic heterocycles. The third-order valence-corrected chi connectivity index (χ3v) is 5.16. The molecule has 3 aliphatic carbocycles. The van der Waals surface area contributed by atoms with E-state index in [0.29, 0.717) is 5.56 Å². The van der Waals surface area contributed by atoms with Gasteiger partial charge in [0.05, 0.1) is 23.0 Å². The monoisotopic (exact) mass is 325 g/mol. The number of allylic oxidation sites excluding steroid dienone is 2. The molecule has 122 valence electrons. The second-order valence-corrected chi connectivity index (χ2v) is 6.42. The molecule has 1 saturated carbocycles. The molecule has 7 nitrogen and oxygen atoms in total. The third-order valence-electron chi connectivity index (χ3n) is 5.16. The largest absolute Gasteiger partial charge is 0.272 e. The Morgan fingerprint density at radius 2 is 1.58 bits per heavy atom. The van der Waals surface area contributed by atoms with Crippen molar-refractivity contribution in [1.29, 1.82) is 0 Å². The zero-order valence-corrected chi connectivity index (χ0v) is 12.7. The van der Waals surface area contributed by atoms with Crippen LogP contribution < -0.4 is 0 Å². The number of benzene rings is 1. The first kappa shape index (κ1) is 14.7. The highest BCUT2D eigenvalue weighted by molar-refractivity contribution is 6.06. The first-order chi connectivity index (χ1) is 11.6. The second kappa shape index (κ2) is 5.36. The van der Waals surface area contributed by atoms with Gasteiger partial charge >= 0.3 is 0 Å². The Labute approximate surface area is 137 Å². The number of hydrogen-bond donors (Lipinski definition) is 0. The molecule has 4 aliphatic rings. The van der Waals surface area contributed by atoms with Gasteiger partial charge in [0.15, 0.2) is 0 Å². The van der Waals surface area contributed by atoms with Crippen molar-refractivity contribution < 1.29 is 14.5 Å². The van der Waals surface area contributed by atoms with Crippen molar-refractivity contribution in [2.24, 2.45) is 28.8 Å². The molecule has 1 aliphatic heterocycles. The molecule has 0 N–H and O–H groups in total. The Kier molecular flexibility index (Phi) is 3.30. The van der Waals surface area contributed by atoms with Gasteiger partial charge in [0.1, 0.15) is 0 Å². The van der Waals surface area contributed by atoms with E-state index in [-0.39, 0.29) is 41.2 Å². The zero-order chi connectivity index (χ0) is 16.8. The van der Waals surface area contributed by atoms with Crippen molar-refractivity contribution in [3.8, 4) is 0 Å². The van der Waals surface area contributed by atoms with E-state index >= 15 is 0 Å². The van der Waals surface area contributed by atoms with Crippen LogP contribution in [0.25, 0.3) is 0 Å². The number of fused-ring (bicyclic) bond motifs is 1. The lowest BCUT2D eigenvalue weighted by atomic mass is 9.63. The van der Waals surface area contributed by atoms with Gasteiger partial charge in [0, 0.05) is 12.1 Å². The predicted molar refractivity (Wildman–Crippen MR) is 84.9 cm³/mol. The summed E-state index contributed by atoms with van der Waals surface area (Å²) in [6, 6.07) is 5.79. The van der Waals surface area contributed by atoms with Gasteiger partial charge in [-0.15, -0.1) is 0 Å². The predicted octanol–water partition coefficient (Wildman–Crippen LogP) is 2.13. The summed E-state index contributed by atoms with van der Waals surface area (Å²) < 4.78 is 0. The first-order valence-electron chi connectivity index (χ1n) is 7.91. The van der Waals surface area contributed by atoms with E-state index in [1.807, 2.05) is 0 Å². The van der Waals surface area contributed by atoms with Gasteiger partial charge in [0.2, 0.25) is 0 Å². The quantitative estimate of drug-likeness (QED) is 0.280. The summed E-state index contributed by atoms with van der Waals surface area (Å²) in [5.41, 5.74) is 0.575. The van der Waals surface area contributed by atoms with Crippen molar-refractivity contribution in [2.45, 2.75) is 12.8 Å². The molecule has 0 spiro atoms. The normalized spacial score (nSPS) is 31.1. The lowest BCUT2D eigenvalue weighted by Gasteiger charge is -2.37. The number of rotatable bonds is 3. The fourth-order valence-electron chi connectivity index (χ4n) is 3.98. The van der Waals surface area contributed by atoms with Gasteiger partial charge < -0.3 is 0 Å². The highest BCUT2D eigenvalue weighted by Crippen LogP contribution is 2.49. The van der Waals surface area contributed by atoms with Crippen molar-refractivity contribution in [1.82, 2.24) is 5.01 Å². The summed E-state index contributed by atoms with van der Waals surface area (Å²) in [5, 5.41) is 15.7. The minimum atomic E-state index is -0.484. The molecule has 5 rings (SSSR count). The Hall–Kier alpha value is -2.83. The van der Waals surface area contributed by atoms with Crippen LogP contribution in [0.3, 0.4) is 0 Å². The van der Waals surface area contributed by atoms with E-state index in [9.17, 15) is 19.7 Å². The summed E-state index contributed by atoms with van der Waals surface area (Å²) in [5.74, 6) is -0.762. The molecule has 2 amide bonds. The third kappa shape index (κ3) is 2.16. The molecule has 1 heterocycles. The number of carbonyl (C=O) groups is 2. The van der Waals surface area contributed by atoms with Crippen LogP contribution in [0.1, 0.15) is 18.4 Å². The van der Waals surface area contributed by atoms with Gasteiger partial charge in [0.25, 0.3) is 17.5 Å². The SMILES string of the molecule is O=C1[C@@H]2[C@H](C(=O)N1/N=C\c1ccc([N+](=O)[O-])cc1)[C@H]1C=C[C@H]2CC1. The molecule has 1 aromatic carbocycles. The number of amides is 2. The van der Waals surface area contributed by atoms with Gasteiger partial charge in [-0.25, -0.2) is 0 Å². The maximum atomic E-state index is 12.6. The minimum Gasteiger partial charge on any atom is -0.272 e. The summed E-state index contributed by atoms with van der Waals surface area (Å²) in [6.07, 6.45) is 7.41. The Morgan fingerprint density at radius 3 is 2.04 bits per heavy atom. The zero-order valence-electron chi connectivity index (χ0n) is 12.7. The number of nitrogens with zero attached hydrogens (tertiary/aromatic N) is 3. The minimum absolute atomic E-state index is 0.0193. The number of carbonyl (C=O) groups excluding carboxylic acids is 2. The molecule has 0 radical (unpaired) electrons. The van der Waals surface area contributed by atoms with Crippen LogP contribution in [-0.2, 0) is 9.59 Å². The van der Waals surface area contributed by atoms with Gasteiger partial charge in [-0.05, 0) is 42.4 Å². The molecule has 1 aromatic rings. The molecule has 24 heavy (non-hydrogen) atoms. The summed E-state index contributed by atoms with van der Waals surface area (Å²) in [6.45, 7) is 0.